The maximum absolute atomic E-state index is 12.3. The molecule has 1 atom stereocenters. The Morgan fingerprint density at radius 2 is 2.13 bits per heavy atom. The third-order valence-electron chi connectivity index (χ3n) is 1.61. The highest BCUT2D eigenvalue weighted by Gasteiger charge is 2.51. The van der Waals surface area contributed by atoms with Gasteiger partial charge in [0.2, 0.25) is 0 Å². The molecule has 0 aromatic carbocycles. The predicted octanol–water partition coefficient (Wildman–Crippen LogP) is 1.54. The fraction of sp³-hybridized carbons (Fsp3) is 0.286. The smallest absolute Gasteiger partial charge is 0.399 e. The molecule has 5 nitrogen and oxygen atoms in total. The maximum Gasteiger partial charge on any atom is 0.464 e. The van der Waals surface area contributed by atoms with E-state index in [1.165, 1.54) is 6.07 Å². The molecule has 1 aromatic heterocycles. The van der Waals surface area contributed by atoms with E-state index in [1.54, 1.807) is 0 Å². The Labute approximate surface area is 81.9 Å². The highest BCUT2D eigenvalue weighted by molar-refractivity contribution is 5.37. The first-order valence-electron chi connectivity index (χ1n) is 3.74. The van der Waals surface area contributed by atoms with E-state index in [0.29, 0.717) is 0 Å². The average molecular weight is 221 g/mol. The summed E-state index contributed by atoms with van der Waals surface area (Å²) in [6.45, 7) is 0. The van der Waals surface area contributed by atoms with Crippen molar-refractivity contribution in [1.82, 2.24) is 4.98 Å². The van der Waals surface area contributed by atoms with E-state index in [4.69, 9.17) is 5.73 Å². The minimum Gasteiger partial charge on any atom is -0.399 e. The number of rotatable bonds is 2. The van der Waals surface area contributed by atoms with Gasteiger partial charge in [0, 0.05) is 16.8 Å². The molecule has 82 valence electrons. The minimum absolute atomic E-state index is 0.00361. The standard InChI is InChI=1S/C7H6F3N3O2/c8-7(9,10)6(13(14)15)5-3-4(11)1-2-12-5/h1-3,6H,(H2,11,12). The van der Waals surface area contributed by atoms with Gasteiger partial charge in [-0.1, -0.05) is 0 Å². The number of pyridine rings is 1. The van der Waals surface area contributed by atoms with E-state index in [-0.39, 0.29) is 5.69 Å². The summed E-state index contributed by atoms with van der Waals surface area (Å²) in [6, 6.07) is -0.751. The van der Waals surface area contributed by atoms with Crippen molar-refractivity contribution in [1.29, 1.82) is 0 Å². The summed E-state index contributed by atoms with van der Waals surface area (Å²) in [5.41, 5.74) is 4.49. The summed E-state index contributed by atoms with van der Waals surface area (Å²) in [6.07, 6.45) is -3.99. The summed E-state index contributed by atoms with van der Waals surface area (Å²) in [5.74, 6) is 0. The lowest BCUT2D eigenvalue weighted by Gasteiger charge is -2.12. The van der Waals surface area contributed by atoms with Gasteiger partial charge in [0.15, 0.2) is 0 Å². The van der Waals surface area contributed by atoms with E-state index in [0.717, 1.165) is 12.3 Å². The van der Waals surface area contributed by atoms with Crippen LogP contribution in [-0.4, -0.2) is 16.1 Å². The first kappa shape index (κ1) is 11.2. The van der Waals surface area contributed by atoms with Crippen LogP contribution in [0.15, 0.2) is 18.3 Å². The van der Waals surface area contributed by atoms with E-state index in [1.807, 2.05) is 0 Å². The number of nitrogens with zero attached hydrogens (tertiary/aromatic N) is 2. The number of nitro groups is 1. The summed E-state index contributed by atoms with van der Waals surface area (Å²) < 4.78 is 36.8. The highest BCUT2D eigenvalue weighted by Crippen LogP contribution is 2.34. The zero-order valence-corrected chi connectivity index (χ0v) is 7.23. The van der Waals surface area contributed by atoms with Crippen molar-refractivity contribution in [2.75, 3.05) is 5.73 Å². The lowest BCUT2D eigenvalue weighted by atomic mass is 10.2. The number of hydrogen-bond acceptors (Lipinski definition) is 4. The molecule has 0 saturated heterocycles. The van der Waals surface area contributed by atoms with E-state index in [2.05, 4.69) is 4.98 Å². The predicted molar refractivity (Wildman–Crippen MR) is 44.4 cm³/mol. The fourth-order valence-corrected chi connectivity index (χ4v) is 1.01. The van der Waals surface area contributed by atoms with Gasteiger partial charge in [0.1, 0.15) is 5.69 Å². The molecule has 8 heteroatoms. The Morgan fingerprint density at radius 3 is 2.53 bits per heavy atom. The molecule has 2 N–H and O–H groups in total. The van der Waals surface area contributed by atoms with E-state index < -0.39 is 22.8 Å². The zero-order valence-electron chi connectivity index (χ0n) is 7.23. The Morgan fingerprint density at radius 1 is 1.53 bits per heavy atom. The van der Waals surface area contributed by atoms with Crippen LogP contribution in [0.4, 0.5) is 18.9 Å². The van der Waals surface area contributed by atoms with Crippen LogP contribution in [0, 0.1) is 10.1 Å². The van der Waals surface area contributed by atoms with Crippen LogP contribution in [0.2, 0.25) is 0 Å². The molecule has 1 heterocycles. The molecule has 1 unspecified atom stereocenters. The third-order valence-corrected chi connectivity index (χ3v) is 1.61. The Kier molecular flexibility index (Phi) is 2.78. The lowest BCUT2D eigenvalue weighted by molar-refractivity contribution is -0.570. The molecule has 0 bridgehead atoms. The Balaban J connectivity index is 3.16. The van der Waals surface area contributed by atoms with Gasteiger partial charge in [-0.3, -0.25) is 15.1 Å². The largest absolute Gasteiger partial charge is 0.464 e. The van der Waals surface area contributed by atoms with Crippen LogP contribution in [0.1, 0.15) is 11.7 Å². The van der Waals surface area contributed by atoms with E-state index in [9.17, 15) is 23.3 Å². The highest BCUT2D eigenvalue weighted by atomic mass is 19.4. The summed E-state index contributed by atoms with van der Waals surface area (Å²) in [7, 11) is 0. The van der Waals surface area contributed by atoms with Crippen molar-refractivity contribution < 1.29 is 18.1 Å². The number of alkyl halides is 3. The van der Waals surface area contributed by atoms with Gasteiger partial charge >= 0.3 is 12.2 Å². The normalized spacial score (nSPS) is 13.5. The number of aromatic nitrogens is 1. The minimum atomic E-state index is -4.98. The van der Waals surface area contributed by atoms with Gasteiger partial charge in [0.05, 0.1) is 0 Å². The second-order valence-corrected chi connectivity index (χ2v) is 2.74. The van der Waals surface area contributed by atoms with Crippen LogP contribution < -0.4 is 5.73 Å². The van der Waals surface area contributed by atoms with Crippen molar-refractivity contribution in [3.63, 3.8) is 0 Å². The second kappa shape index (κ2) is 3.71. The second-order valence-electron chi connectivity index (χ2n) is 2.74. The summed E-state index contributed by atoms with van der Waals surface area (Å²) >= 11 is 0. The lowest BCUT2D eigenvalue weighted by Crippen LogP contribution is -2.28. The molecule has 0 aliphatic heterocycles. The van der Waals surface area contributed by atoms with Crippen molar-refractivity contribution in [3.8, 4) is 0 Å². The molecule has 0 saturated carbocycles. The third kappa shape index (κ3) is 2.55. The van der Waals surface area contributed by atoms with Crippen molar-refractivity contribution in [2.24, 2.45) is 0 Å². The molecule has 0 amide bonds. The molecule has 0 radical (unpaired) electrons. The summed E-state index contributed by atoms with van der Waals surface area (Å²) in [4.78, 5) is 12.1. The van der Waals surface area contributed by atoms with Crippen LogP contribution in [0.25, 0.3) is 0 Å². The number of nitrogen functional groups attached to an aromatic ring is 1. The number of hydrogen-bond donors (Lipinski definition) is 1. The van der Waals surface area contributed by atoms with Gasteiger partial charge in [-0.25, -0.2) is 0 Å². The van der Waals surface area contributed by atoms with Gasteiger partial charge in [-0.2, -0.15) is 13.2 Å². The molecular weight excluding hydrogens is 215 g/mol. The Hall–Kier alpha value is -1.86. The number of anilines is 1. The molecule has 0 spiro atoms. The van der Waals surface area contributed by atoms with Crippen LogP contribution in [0.5, 0.6) is 0 Å². The molecule has 0 fully saturated rings. The Bertz CT molecular complexity index is 380. The van der Waals surface area contributed by atoms with Gasteiger partial charge in [-0.15, -0.1) is 0 Å². The van der Waals surface area contributed by atoms with Gasteiger partial charge in [0.25, 0.3) is 0 Å². The van der Waals surface area contributed by atoms with Crippen LogP contribution >= 0.6 is 0 Å². The molecular formula is C7H6F3N3O2. The molecule has 15 heavy (non-hydrogen) atoms. The topological polar surface area (TPSA) is 82.0 Å². The van der Waals surface area contributed by atoms with Gasteiger partial charge < -0.3 is 5.73 Å². The fourth-order valence-electron chi connectivity index (χ4n) is 1.01. The number of halogens is 3. The van der Waals surface area contributed by atoms with E-state index >= 15 is 0 Å². The van der Waals surface area contributed by atoms with Crippen LogP contribution in [0.3, 0.4) is 0 Å². The quantitative estimate of drug-likeness (QED) is 0.606. The first-order valence-corrected chi connectivity index (χ1v) is 3.74. The average Bonchev–Trinajstić information content (AvgIpc) is 1.99. The first-order chi connectivity index (χ1) is 6.82. The maximum atomic E-state index is 12.3. The SMILES string of the molecule is Nc1ccnc(C([N+](=O)[O-])C(F)(F)F)c1. The molecule has 0 aliphatic carbocycles. The monoisotopic (exact) mass is 221 g/mol. The van der Waals surface area contributed by atoms with Crippen molar-refractivity contribution >= 4 is 5.69 Å². The van der Waals surface area contributed by atoms with Crippen molar-refractivity contribution in [3.05, 3.63) is 34.1 Å². The molecule has 1 aromatic rings. The zero-order chi connectivity index (χ0) is 11.6. The molecule has 1 rings (SSSR count). The van der Waals surface area contributed by atoms with Crippen molar-refractivity contribution in [2.45, 2.75) is 12.2 Å². The molecule has 0 aliphatic rings. The van der Waals surface area contributed by atoms with Gasteiger partial charge in [-0.05, 0) is 12.1 Å². The van der Waals surface area contributed by atoms with Crippen LogP contribution in [-0.2, 0) is 0 Å². The summed E-state index contributed by atoms with van der Waals surface area (Å²) in [5, 5.41) is 10.3. The number of nitrogens with two attached hydrogens (primary N) is 1.